The van der Waals surface area contributed by atoms with Crippen LogP contribution < -0.4 is 14.8 Å². The summed E-state index contributed by atoms with van der Waals surface area (Å²) in [6.45, 7) is 4.18. The quantitative estimate of drug-likeness (QED) is 0.245. The number of fused-ring (bicyclic) bond motifs is 1. The van der Waals surface area contributed by atoms with Gasteiger partial charge in [0.05, 0.1) is 16.4 Å². The van der Waals surface area contributed by atoms with E-state index in [1.807, 2.05) is 55.0 Å². The average molecular weight is 554 g/mol. The summed E-state index contributed by atoms with van der Waals surface area (Å²) >= 11 is 18.6. The normalized spacial score (nSPS) is 12.0. The Labute approximate surface area is 231 Å². The largest absolute Gasteiger partial charge is 0.454 e. The van der Waals surface area contributed by atoms with Gasteiger partial charge in [-0.15, -0.1) is 0 Å². The van der Waals surface area contributed by atoms with Crippen molar-refractivity contribution in [3.05, 3.63) is 106 Å². The standard InChI is InChI=1S/C28H26Cl2N4O2S/c1-19-5-8-22(9-6-19)32-28(37)33(16-21-3-2-4-24(29)27(21)30)12-11-23-14-31-17-34(23)15-20-7-10-25-26(13-20)36-18-35-25/h2-10,13-14,17H,11-12,15-16,18H2,1H3,(H,32,37). The molecule has 0 fully saturated rings. The number of ether oxygens (including phenoxy) is 2. The number of benzene rings is 3. The minimum absolute atomic E-state index is 0.262. The Balaban J connectivity index is 1.32. The summed E-state index contributed by atoms with van der Waals surface area (Å²) < 4.78 is 13.1. The van der Waals surface area contributed by atoms with Gasteiger partial charge in [0.25, 0.3) is 0 Å². The maximum Gasteiger partial charge on any atom is 0.231 e. The first-order valence-electron chi connectivity index (χ1n) is 11.9. The lowest BCUT2D eigenvalue weighted by atomic mass is 10.2. The summed E-state index contributed by atoms with van der Waals surface area (Å²) in [5.74, 6) is 1.55. The highest BCUT2D eigenvalue weighted by atomic mass is 35.5. The van der Waals surface area contributed by atoms with Crippen molar-refractivity contribution in [2.75, 3.05) is 18.7 Å². The number of aryl methyl sites for hydroxylation is 1. The number of nitrogens with one attached hydrogen (secondary N) is 1. The maximum absolute atomic E-state index is 6.52. The number of rotatable bonds is 8. The Kier molecular flexibility index (Phi) is 7.84. The molecule has 0 amide bonds. The van der Waals surface area contributed by atoms with E-state index in [1.54, 1.807) is 6.07 Å². The molecule has 37 heavy (non-hydrogen) atoms. The van der Waals surface area contributed by atoms with Gasteiger partial charge in [-0.25, -0.2) is 4.98 Å². The van der Waals surface area contributed by atoms with Crippen LogP contribution in [0.2, 0.25) is 10.0 Å². The first-order chi connectivity index (χ1) is 18.0. The molecule has 1 aromatic heterocycles. The summed E-state index contributed by atoms with van der Waals surface area (Å²) in [5.41, 5.74) is 5.25. The Morgan fingerprint density at radius 2 is 1.89 bits per heavy atom. The first-order valence-corrected chi connectivity index (χ1v) is 13.1. The van der Waals surface area contributed by atoms with Gasteiger partial charge in [0.2, 0.25) is 6.79 Å². The van der Waals surface area contributed by atoms with Gasteiger partial charge in [0.1, 0.15) is 0 Å². The Hall–Kier alpha value is -3.26. The lowest BCUT2D eigenvalue weighted by Crippen LogP contribution is -2.36. The highest BCUT2D eigenvalue weighted by Crippen LogP contribution is 2.33. The molecule has 2 heterocycles. The van der Waals surface area contributed by atoms with Gasteiger partial charge in [0.15, 0.2) is 16.6 Å². The lowest BCUT2D eigenvalue weighted by molar-refractivity contribution is 0.174. The van der Waals surface area contributed by atoms with Crippen molar-refractivity contribution in [3.63, 3.8) is 0 Å². The van der Waals surface area contributed by atoms with Gasteiger partial charge in [-0.1, -0.05) is 59.1 Å². The van der Waals surface area contributed by atoms with Gasteiger partial charge in [0, 0.05) is 43.6 Å². The molecule has 0 saturated carbocycles. The molecule has 0 unspecified atom stereocenters. The van der Waals surface area contributed by atoms with Crippen molar-refractivity contribution in [3.8, 4) is 11.5 Å². The molecule has 190 valence electrons. The molecular formula is C28H26Cl2N4O2S. The lowest BCUT2D eigenvalue weighted by Gasteiger charge is -2.27. The number of hydrogen-bond donors (Lipinski definition) is 1. The van der Waals surface area contributed by atoms with Crippen LogP contribution in [0.1, 0.15) is 22.4 Å². The van der Waals surface area contributed by atoms with Crippen molar-refractivity contribution < 1.29 is 9.47 Å². The molecule has 1 aliphatic heterocycles. The van der Waals surface area contributed by atoms with Crippen LogP contribution >= 0.6 is 35.4 Å². The molecule has 1 aliphatic rings. The predicted molar refractivity (Wildman–Crippen MR) is 152 cm³/mol. The zero-order valence-corrected chi connectivity index (χ0v) is 22.6. The highest BCUT2D eigenvalue weighted by Gasteiger charge is 2.17. The topological polar surface area (TPSA) is 51.6 Å². The third-order valence-electron chi connectivity index (χ3n) is 6.21. The molecule has 0 spiro atoms. The molecule has 3 aromatic carbocycles. The fraction of sp³-hybridized carbons (Fsp3) is 0.214. The van der Waals surface area contributed by atoms with Crippen LogP contribution in [0.5, 0.6) is 11.5 Å². The van der Waals surface area contributed by atoms with Crippen LogP contribution in [0.25, 0.3) is 0 Å². The third kappa shape index (κ3) is 6.18. The summed E-state index contributed by atoms with van der Waals surface area (Å²) in [6.07, 6.45) is 4.48. The van der Waals surface area contributed by atoms with Crippen molar-refractivity contribution in [1.82, 2.24) is 14.5 Å². The number of aromatic nitrogens is 2. The Bertz CT molecular complexity index is 1410. The van der Waals surface area contributed by atoms with E-state index in [-0.39, 0.29) is 6.79 Å². The fourth-order valence-corrected chi connectivity index (χ4v) is 4.81. The second-order valence-electron chi connectivity index (χ2n) is 8.88. The first kappa shape index (κ1) is 25.4. The van der Waals surface area contributed by atoms with E-state index in [9.17, 15) is 0 Å². The van der Waals surface area contributed by atoms with Crippen molar-refractivity contribution >= 4 is 46.2 Å². The molecule has 0 radical (unpaired) electrons. The van der Waals surface area contributed by atoms with Gasteiger partial charge < -0.3 is 24.3 Å². The number of imidazole rings is 1. The molecule has 4 aromatic rings. The van der Waals surface area contributed by atoms with E-state index in [2.05, 4.69) is 38.8 Å². The van der Waals surface area contributed by atoms with Crippen molar-refractivity contribution in [2.45, 2.75) is 26.4 Å². The smallest absolute Gasteiger partial charge is 0.231 e. The number of nitrogens with zero attached hydrogens (tertiary/aromatic N) is 3. The molecule has 1 N–H and O–H groups in total. The number of halogens is 2. The molecule has 5 rings (SSSR count). The molecular weight excluding hydrogens is 527 g/mol. The van der Waals surface area contributed by atoms with Crippen LogP contribution in [-0.4, -0.2) is 32.9 Å². The average Bonchev–Trinajstić information content (AvgIpc) is 3.54. The van der Waals surface area contributed by atoms with Gasteiger partial charge >= 0.3 is 0 Å². The molecule has 9 heteroatoms. The monoisotopic (exact) mass is 552 g/mol. The van der Waals surface area contributed by atoms with Crippen LogP contribution in [0.3, 0.4) is 0 Å². The minimum atomic E-state index is 0.262. The molecule has 6 nitrogen and oxygen atoms in total. The summed E-state index contributed by atoms with van der Waals surface area (Å²) in [7, 11) is 0. The second kappa shape index (κ2) is 11.4. The van der Waals surface area contributed by atoms with Gasteiger partial charge in [-0.3, -0.25) is 0 Å². The molecule has 0 bridgehead atoms. The summed E-state index contributed by atoms with van der Waals surface area (Å²) in [6, 6.07) is 19.8. The van der Waals surface area contributed by atoms with E-state index in [1.165, 1.54) is 5.56 Å². The van der Waals surface area contributed by atoms with E-state index < -0.39 is 0 Å². The zero-order valence-electron chi connectivity index (χ0n) is 20.3. The Morgan fingerprint density at radius 1 is 1.08 bits per heavy atom. The summed E-state index contributed by atoms with van der Waals surface area (Å²) in [4.78, 5) is 6.50. The number of thiocarbonyl (C=S) groups is 1. The fourth-order valence-electron chi connectivity index (χ4n) is 4.15. The van der Waals surface area contributed by atoms with Gasteiger partial charge in [-0.2, -0.15) is 0 Å². The molecule has 0 saturated heterocycles. The number of anilines is 1. The second-order valence-corrected chi connectivity index (χ2v) is 10.1. The van der Waals surface area contributed by atoms with Crippen molar-refractivity contribution in [1.29, 1.82) is 0 Å². The summed E-state index contributed by atoms with van der Waals surface area (Å²) in [5, 5.41) is 5.05. The SMILES string of the molecule is Cc1ccc(NC(=S)N(CCc2cncn2Cc2ccc3c(c2)OCO3)Cc2cccc(Cl)c2Cl)cc1. The van der Waals surface area contributed by atoms with E-state index >= 15 is 0 Å². The predicted octanol–water partition coefficient (Wildman–Crippen LogP) is 6.72. The number of hydrogen-bond acceptors (Lipinski definition) is 4. The van der Waals surface area contributed by atoms with Crippen LogP contribution in [-0.2, 0) is 19.5 Å². The van der Waals surface area contributed by atoms with E-state index in [0.717, 1.165) is 40.4 Å². The molecule has 0 aliphatic carbocycles. The highest BCUT2D eigenvalue weighted by molar-refractivity contribution is 7.80. The van der Waals surface area contributed by atoms with Crippen LogP contribution in [0.15, 0.2) is 73.2 Å². The van der Waals surface area contributed by atoms with E-state index in [0.29, 0.717) is 34.8 Å². The van der Waals surface area contributed by atoms with Crippen molar-refractivity contribution in [2.24, 2.45) is 0 Å². The van der Waals surface area contributed by atoms with Crippen LogP contribution in [0, 0.1) is 6.92 Å². The Morgan fingerprint density at radius 3 is 2.73 bits per heavy atom. The minimum Gasteiger partial charge on any atom is -0.454 e. The zero-order chi connectivity index (χ0) is 25.8. The third-order valence-corrected chi connectivity index (χ3v) is 7.43. The maximum atomic E-state index is 6.52. The molecule has 0 atom stereocenters. The van der Waals surface area contributed by atoms with Crippen LogP contribution in [0.4, 0.5) is 5.69 Å². The van der Waals surface area contributed by atoms with E-state index in [4.69, 9.17) is 44.9 Å². The van der Waals surface area contributed by atoms with Gasteiger partial charge in [-0.05, 0) is 60.6 Å².